The number of thiazole rings is 1. The van der Waals surface area contributed by atoms with Crippen LogP contribution < -0.4 is 0 Å². The zero-order valence-corrected chi connectivity index (χ0v) is 13.1. The van der Waals surface area contributed by atoms with Crippen molar-refractivity contribution in [3.05, 3.63) is 45.3 Å². The number of halogens is 2. The molecule has 1 aliphatic carbocycles. The fraction of sp³-hybridized carbons (Fsp3) is 0.267. The summed E-state index contributed by atoms with van der Waals surface area (Å²) in [6, 6.07) is 5.04. The molecule has 0 spiro atoms. The van der Waals surface area contributed by atoms with Gasteiger partial charge in [-0.3, -0.25) is 4.40 Å². The van der Waals surface area contributed by atoms with Crippen LogP contribution in [0.3, 0.4) is 0 Å². The van der Waals surface area contributed by atoms with Gasteiger partial charge < -0.3 is 0 Å². The fourth-order valence-corrected chi connectivity index (χ4v) is 4.33. The molecule has 3 aromatic rings. The molecule has 102 valence electrons. The first kappa shape index (κ1) is 12.5. The first-order valence-electron chi connectivity index (χ1n) is 6.67. The van der Waals surface area contributed by atoms with E-state index in [1.54, 1.807) is 23.5 Å². The summed E-state index contributed by atoms with van der Waals surface area (Å²) in [5.74, 6) is -0.243. The number of benzene rings is 1. The Hall–Kier alpha value is -1.20. The molecular weight excluding hydrogens is 339 g/mol. The van der Waals surface area contributed by atoms with Crippen LogP contribution in [-0.4, -0.2) is 9.38 Å². The molecule has 0 amide bonds. The SMILES string of the molecule is Fc1ccc(-c2cn3c4c(sc3n2)CCCC4)cc1Br. The smallest absolute Gasteiger partial charge is 0.194 e. The summed E-state index contributed by atoms with van der Waals surface area (Å²) in [7, 11) is 0. The summed E-state index contributed by atoms with van der Waals surface area (Å²) in [5.41, 5.74) is 3.26. The molecule has 2 aromatic heterocycles. The van der Waals surface area contributed by atoms with Crippen molar-refractivity contribution in [3.63, 3.8) is 0 Å². The minimum atomic E-state index is -0.243. The minimum Gasteiger partial charge on any atom is -0.294 e. The lowest BCUT2D eigenvalue weighted by molar-refractivity contribution is 0.621. The molecule has 0 radical (unpaired) electrons. The van der Waals surface area contributed by atoms with Gasteiger partial charge >= 0.3 is 0 Å². The molecule has 0 saturated heterocycles. The molecule has 1 aliphatic rings. The molecule has 2 nitrogen and oxygen atoms in total. The summed E-state index contributed by atoms with van der Waals surface area (Å²) in [5, 5.41) is 0. The van der Waals surface area contributed by atoms with Gasteiger partial charge in [-0.15, -0.1) is 11.3 Å². The highest BCUT2D eigenvalue weighted by molar-refractivity contribution is 9.10. The molecule has 5 heteroatoms. The molecule has 1 aromatic carbocycles. The van der Waals surface area contributed by atoms with Crippen LogP contribution in [0.4, 0.5) is 4.39 Å². The van der Waals surface area contributed by atoms with Crippen LogP contribution >= 0.6 is 27.3 Å². The van der Waals surface area contributed by atoms with Gasteiger partial charge in [-0.1, -0.05) is 0 Å². The molecule has 2 heterocycles. The fourth-order valence-electron chi connectivity index (χ4n) is 2.76. The number of aromatic nitrogens is 2. The first-order valence-corrected chi connectivity index (χ1v) is 8.28. The Morgan fingerprint density at radius 3 is 2.95 bits per heavy atom. The highest BCUT2D eigenvalue weighted by atomic mass is 79.9. The van der Waals surface area contributed by atoms with Crippen LogP contribution in [0.5, 0.6) is 0 Å². The predicted molar refractivity (Wildman–Crippen MR) is 82.8 cm³/mol. The molecule has 0 aliphatic heterocycles. The van der Waals surface area contributed by atoms with Crippen LogP contribution in [0.1, 0.15) is 23.4 Å². The highest BCUT2D eigenvalue weighted by Crippen LogP contribution is 2.32. The maximum atomic E-state index is 13.3. The molecule has 0 atom stereocenters. The molecule has 0 unspecified atom stereocenters. The van der Waals surface area contributed by atoms with Gasteiger partial charge in [-0.25, -0.2) is 9.37 Å². The lowest BCUT2D eigenvalue weighted by atomic mass is 10.0. The second-order valence-corrected chi connectivity index (χ2v) is 7.00. The van der Waals surface area contributed by atoms with Crippen molar-refractivity contribution in [3.8, 4) is 11.3 Å². The van der Waals surface area contributed by atoms with Crippen molar-refractivity contribution in [2.45, 2.75) is 25.7 Å². The number of fused-ring (bicyclic) bond motifs is 3. The second-order valence-electron chi connectivity index (χ2n) is 5.09. The van der Waals surface area contributed by atoms with E-state index < -0.39 is 0 Å². The summed E-state index contributed by atoms with van der Waals surface area (Å²) < 4.78 is 16.0. The van der Waals surface area contributed by atoms with Gasteiger partial charge in [-0.05, 0) is 59.8 Å². The standard InChI is InChI=1S/C15H12BrFN2S/c16-10-7-9(5-6-11(10)17)12-8-19-13-3-1-2-4-14(13)20-15(19)18-12/h5-8H,1-4H2. The van der Waals surface area contributed by atoms with Crippen LogP contribution in [0.15, 0.2) is 28.9 Å². The molecule has 0 N–H and O–H groups in total. The van der Waals surface area contributed by atoms with E-state index in [0.29, 0.717) is 4.47 Å². The van der Waals surface area contributed by atoms with Gasteiger partial charge in [-0.2, -0.15) is 0 Å². The Labute approximate surface area is 128 Å². The average Bonchev–Trinajstić information content (AvgIpc) is 2.99. The van der Waals surface area contributed by atoms with Gasteiger partial charge in [0.15, 0.2) is 4.96 Å². The van der Waals surface area contributed by atoms with Crippen molar-refractivity contribution >= 4 is 32.2 Å². The van der Waals surface area contributed by atoms with Gasteiger partial charge in [0.1, 0.15) is 5.82 Å². The van der Waals surface area contributed by atoms with Crippen LogP contribution in [0, 0.1) is 5.82 Å². The van der Waals surface area contributed by atoms with E-state index >= 15 is 0 Å². The van der Waals surface area contributed by atoms with E-state index in [0.717, 1.165) is 22.6 Å². The van der Waals surface area contributed by atoms with E-state index in [1.165, 1.54) is 35.9 Å². The van der Waals surface area contributed by atoms with E-state index in [-0.39, 0.29) is 5.82 Å². The maximum Gasteiger partial charge on any atom is 0.194 e. The number of aryl methyl sites for hydroxylation is 2. The normalized spacial score (nSPS) is 14.7. The average molecular weight is 351 g/mol. The van der Waals surface area contributed by atoms with Gasteiger partial charge in [0, 0.05) is 22.3 Å². The molecule has 0 bridgehead atoms. The van der Waals surface area contributed by atoms with Crippen LogP contribution in [0.2, 0.25) is 0 Å². The third kappa shape index (κ3) is 1.91. The van der Waals surface area contributed by atoms with Crippen LogP contribution in [0.25, 0.3) is 16.2 Å². The number of imidazole rings is 1. The summed E-state index contributed by atoms with van der Waals surface area (Å²) in [6.07, 6.45) is 6.94. The third-order valence-corrected chi connectivity index (χ3v) is 5.55. The van der Waals surface area contributed by atoms with Crippen LogP contribution in [-0.2, 0) is 12.8 Å². The zero-order valence-electron chi connectivity index (χ0n) is 10.7. The molecule has 20 heavy (non-hydrogen) atoms. The Morgan fingerprint density at radius 1 is 1.25 bits per heavy atom. The molecule has 4 rings (SSSR count). The van der Waals surface area contributed by atoms with Crippen molar-refractivity contribution in [2.24, 2.45) is 0 Å². The van der Waals surface area contributed by atoms with Crippen molar-refractivity contribution in [2.75, 3.05) is 0 Å². The zero-order chi connectivity index (χ0) is 13.7. The number of nitrogens with zero attached hydrogens (tertiary/aromatic N) is 2. The minimum absolute atomic E-state index is 0.243. The molecule has 0 saturated carbocycles. The monoisotopic (exact) mass is 350 g/mol. The topological polar surface area (TPSA) is 17.3 Å². The summed E-state index contributed by atoms with van der Waals surface area (Å²) in [6.45, 7) is 0. The quantitative estimate of drug-likeness (QED) is 0.613. The van der Waals surface area contributed by atoms with E-state index in [4.69, 9.17) is 4.98 Å². The maximum absolute atomic E-state index is 13.3. The Balaban J connectivity index is 1.84. The Morgan fingerprint density at radius 2 is 2.10 bits per heavy atom. The van der Waals surface area contributed by atoms with E-state index in [9.17, 15) is 4.39 Å². The lowest BCUT2D eigenvalue weighted by Crippen LogP contribution is -2.01. The lowest BCUT2D eigenvalue weighted by Gasteiger charge is -2.09. The van der Waals surface area contributed by atoms with Crippen molar-refractivity contribution < 1.29 is 4.39 Å². The number of rotatable bonds is 1. The molecule has 0 fully saturated rings. The summed E-state index contributed by atoms with van der Waals surface area (Å²) >= 11 is 5.02. The highest BCUT2D eigenvalue weighted by Gasteiger charge is 2.18. The first-order chi connectivity index (χ1) is 9.72. The van der Waals surface area contributed by atoms with Gasteiger partial charge in [0.05, 0.1) is 10.2 Å². The largest absolute Gasteiger partial charge is 0.294 e. The third-order valence-electron chi connectivity index (χ3n) is 3.78. The second kappa shape index (κ2) is 4.67. The molecular formula is C15H12BrFN2S. The van der Waals surface area contributed by atoms with Gasteiger partial charge in [0.25, 0.3) is 0 Å². The number of hydrogen-bond donors (Lipinski definition) is 0. The van der Waals surface area contributed by atoms with Gasteiger partial charge in [0.2, 0.25) is 0 Å². The van der Waals surface area contributed by atoms with E-state index in [2.05, 4.69) is 26.5 Å². The number of hydrogen-bond acceptors (Lipinski definition) is 2. The van der Waals surface area contributed by atoms with E-state index in [1.807, 2.05) is 0 Å². The Kier molecular flexibility index (Phi) is 2.93. The summed E-state index contributed by atoms with van der Waals surface area (Å²) in [4.78, 5) is 7.22. The predicted octanol–water partition coefficient (Wildman–Crippen LogP) is 4.84. The van der Waals surface area contributed by atoms with Crippen molar-refractivity contribution in [1.29, 1.82) is 0 Å². The Bertz CT molecular complexity index is 806. The van der Waals surface area contributed by atoms with Crippen molar-refractivity contribution in [1.82, 2.24) is 9.38 Å².